The third-order valence-corrected chi connectivity index (χ3v) is 1.59. The van der Waals surface area contributed by atoms with Crippen molar-refractivity contribution in [1.82, 2.24) is 11.1 Å². The second-order valence-electron chi connectivity index (χ2n) is 2.33. The first-order valence-corrected chi connectivity index (χ1v) is 3.83. The summed E-state index contributed by atoms with van der Waals surface area (Å²) in [7, 11) is 0. The van der Waals surface area contributed by atoms with Gasteiger partial charge < -0.3 is 10.1 Å². The van der Waals surface area contributed by atoms with Crippen molar-refractivity contribution in [2.75, 3.05) is 6.61 Å². The molecule has 1 saturated heterocycles. The first-order chi connectivity index (χ1) is 4.79. The minimum absolute atomic E-state index is 0.00116. The number of hydrogen-bond donors (Lipinski definition) is 1. The predicted octanol–water partition coefficient (Wildman–Crippen LogP) is 0.670. The van der Waals surface area contributed by atoms with Gasteiger partial charge in [0.05, 0.1) is 0 Å². The molecule has 1 unspecified atom stereocenters. The van der Waals surface area contributed by atoms with Crippen LogP contribution in [-0.4, -0.2) is 17.9 Å². The van der Waals surface area contributed by atoms with Crippen LogP contribution in [0.3, 0.4) is 0 Å². The van der Waals surface area contributed by atoms with Gasteiger partial charge in [0.1, 0.15) is 6.23 Å². The molecule has 1 fully saturated rings. The summed E-state index contributed by atoms with van der Waals surface area (Å²) in [6.07, 6.45) is 3.26. The number of rotatable bonds is 1. The smallest absolute Gasteiger partial charge is 0.187 e. The van der Waals surface area contributed by atoms with Gasteiger partial charge in [-0.1, -0.05) is 0 Å². The molecule has 4 heteroatoms. The van der Waals surface area contributed by atoms with Crippen LogP contribution in [0.4, 0.5) is 0 Å². The van der Waals surface area contributed by atoms with E-state index in [1.165, 1.54) is 6.42 Å². The standard InChI is InChI=1S/C6H11N2OS/c7-6(10)8-5-3-1-2-4-9-5/h5,7H,1-4H2,(H,8,10). The highest BCUT2D eigenvalue weighted by Gasteiger charge is 2.12. The molecule has 0 aromatic heterocycles. The maximum atomic E-state index is 6.95. The highest BCUT2D eigenvalue weighted by molar-refractivity contribution is 7.80. The SMILES string of the molecule is [NH]C(=S)NC1CCCCO1. The Hall–Kier alpha value is -0.350. The van der Waals surface area contributed by atoms with E-state index in [4.69, 9.17) is 10.5 Å². The van der Waals surface area contributed by atoms with E-state index in [0.29, 0.717) is 0 Å². The predicted molar refractivity (Wildman–Crippen MR) is 42.4 cm³/mol. The van der Waals surface area contributed by atoms with Crippen LogP contribution in [0, 0.1) is 0 Å². The molecular weight excluding hydrogens is 148 g/mol. The Morgan fingerprint density at radius 2 is 2.40 bits per heavy atom. The zero-order valence-corrected chi connectivity index (χ0v) is 6.54. The molecule has 1 rings (SSSR count). The minimum Gasteiger partial charge on any atom is -0.359 e. The van der Waals surface area contributed by atoms with Crippen LogP contribution >= 0.6 is 12.2 Å². The van der Waals surface area contributed by atoms with E-state index >= 15 is 0 Å². The van der Waals surface area contributed by atoms with Gasteiger partial charge in [-0.3, -0.25) is 5.73 Å². The molecule has 10 heavy (non-hydrogen) atoms. The van der Waals surface area contributed by atoms with Crippen molar-refractivity contribution in [3.05, 3.63) is 0 Å². The summed E-state index contributed by atoms with van der Waals surface area (Å²) in [5.41, 5.74) is 6.95. The Bertz CT molecular complexity index is 123. The third-order valence-electron chi connectivity index (χ3n) is 1.47. The molecule has 0 spiro atoms. The van der Waals surface area contributed by atoms with Gasteiger partial charge in [0.15, 0.2) is 5.11 Å². The second kappa shape index (κ2) is 3.73. The Morgan fingerprint density at radius 3 is 2.90 bits per heavy atom. The van der Waals surface area contributed by atoms with Gasteiger partial charge in [0.25, 0.3) is 0 Å². The van der Waals surface area contributed by atoms with E-state index < -0.39 is 0 Å². The summed E-state index contributed by atoms with van der Waals surface area (Å²) in [6.45, 7) is 0.792. The Kier molecular flexibility index (Phi) is 2.89. The molecule has 0 aromatic carbocycles. The van der Waals surface area contributed by atoms with E-state index in [1.807, 2.05) is 0 Å². The van der Waals surface area contributed by atoms with Gasteiger partial charge in [-0.25, -0.2) is 0 Å². The lowest BCUT2D eigenvalue weighted by Crippen LogP contribution is -2.38. The monoisotopic (exact) mass is 159 g/mol. The van der Waals surface area contributed by atoms with Crippen LogP contribution in [0.15, 0.2) is 0 Å². The third kappa shape index (κ3) is 2.49. The lowest BCUT2D eigenvalue weighted by molar-refractivity contribution is 0.00726. The quantitative estimate of drug-likeness (QED) is 0.572. The number of hydrogen-bond acceptors (Lipinski definition) is 2. The average Bonchev–Trinajstić information content (AvgIpc) is 1.88. The summed E-state index contributed by atoms with van der Waals surface area (Å²) in [4.78, 5) is 0. The van der Waals surface area contributed by atoms with E-state index in [9.17, 15) is 0 Å². The summed E-state index contributed by atoms with van der Waals surface area (Å²) >= 11 is 4.55. The second-order valence-corrected chi connectivity index (χ2v) is 2.74. The van der Waals surface area contributed by atoms with E-state index in [2.05, 4.69) is 17.5 Å². The fourth-order valence-corrected chi connectivity index (χ4v) is 1.13. The zero-order valence-electron chi connectivity index (χ0n) is 5.72. The molecule has 2 N–H and O–H groups in total. The van der Waals surface area contributed by atoms with E-state index in [-0.39, 0.29) is 11.3 Å². The fraction of sp³-hybridized carbons (Fsp3) is 0.833. The average molecular weight is 159 g/mol. The van der Waals surface area contributed by atoms with Crippen LogP contribution in [0.25, 0.3) is 0 Å². The molecule has 0 aromatic rings. The van der Waals surface area contributed by atoms with Crippen molar-refractivity contribution >= 4 is 17.3 Å². The molecule has 0 saturated carbocycles. The molecule has 0 amide bonds. The van der Waals surface area contributed by atoms with Crippen LogP contribution in [-0.2, 0) is 4.74 Å². The molecule has 1 atom stereocenters. The van der Waals surface area contributed by atoms with Gasteiger partial charge >= 0.3 is 0 Å². The van der Waals surface area contributed by atoms with Crippen LogP contribution in [0.1, 0.15) is 19.3 Å². The van der Waals surface area contributed by atoms with Crippen molar-refractivity contribution in [2.24, 2.45) is 0 Å². The van der Waals surface area contributed by atoms with Crippen LogP contribution in [0.5, 0.6) is 0 Å². The van der Waals surface area contributed by atoms with Crippen molar-refractivity contribution < 1.29 is 4.74 Å². The van der Waals surface area contributed by atoms with E-state index in [0.717, 1.165) is 19.4 Å². The minimum atomic E-state index is -0.00116. The van der Waals surface area contributed by atoms with Crippen molar-refractivity contribution in [1.29, 1.82) is 0 Å². The lowest BCUT2D eigenvalue weighted by Gasteiger charge is -2.22. The number of ether oxygens (including phenoxy) is 1. The Labute approximate surface area is 65.9 Å². The summed E-state index contributed by atoms with van der Waals surface area (Å²) in [5.74, 6) is 0. The highest BCUT2D eigenvalue weighted by atomic mass is 32.1. The number of nitrogens with one attached hydrogen (secondary N) is 2. The summed E-state index contributed by atoms with van der Waals surface area (Å²) in [6, 6.07) is 0. The lowest BCUT2D eigenvalue weighted by atomic mass is 10.2. The van der Waals surface area contributed by atoms with Gasteiger partial charge in [-0.2, -0.15) is 0 Å². The van der Waals surface area contributed by atoms with Gasteiger partial charge in [-0.05, 0) is 31.5 Å². The largest absolute Gasteiger partial charge is 0.359 e. The summed E-state index contributed by atoms with van der Waals surface area (Å²) < 4.78 is 5.27. The maximum Gasteiger partial charge on any atom is 0.187 e. The molecule has 1 heterocycles. The van der Waals surface area contributed by atoms with Crippen molar-refractivity contribution in [3.8, 4) is 0 Å². The summed E-state index contributed by atoms with van der Waals surface area (Å²) in [5, 5.41) is 2.83. The molecule has 1 aliphatic rings. The highest BCUT2D eigenvalue weighted by Crippen LogP contribution is 2.09. The van der Waals surface area contributed by atoms with Gasteiger partial charge in [0, 0.05) is 6.61 Å². The molecule has 57 valence electrons. The van der Waals surface area contributed by atoms with Crippen molar-refractivity contribution in [3.63, 3.8) is 0 Å². The van der Waals surface area contributed by atoms with Crippen LogP contribution in [0.2, 0.25) is 0 Å². The molecule has 1 aliphatic heterocycles. The maximum absolute atomic E-state index is 6.95. The van der Waals surface area contributed by atoms with Gasteiger partial charge in [0.2, 0.25) is 0 Å². The first kappa shape index (κ1) is 7.75. The molecular formula is C6H11N2OS. The molecule has 1 radical (unpaired) electrons. The molecule has 3 nitrogen and oxygen atoms in total. The first-order valence-electron chi connectivity index (χ1n) is 3.43. The van der Waals surface area contributed by atoms with Crippen LogP contribution < -0.4 is 11.1 Å². The fourth-order valence-electron chi connectivity index (χ4n) is 1.00. The Balaban J connectivity index is 2.19. The van der Waals surface area contributed by atoms with Gasteiger partial charge in [-0.15, -0.1) is 0 Å². The Morgan fingerprint density at radius 1 is 1.60 bits per heavy atom. The zero-order chi connectivity index (χ0) is 7.40. The van der Waals surface area contributed by atoms with Crippen molar-refractivity contribution in [2.45, 2.75) is 25.5 Å². The molecule has 0 aliphatic carbocycles. The topological polar surface area (TPSA) is 45.1 Å². The van der Waals surface area contributed by atoms with E-state index in [1.54, 1.807) is 0 Å². The normalized spacial score (nSPS) is 25.8. The number of thiocarbonyl (C=S) groups is 1. The molecule has 0 bridgehead atoms.